The van der Waals surface area contributed by atoms with Crippen molar-refractivity contribution < 1.29 is 18.7 Å². The van der Waals surface area contributed by atoms with Gasteiger partial charge in [0.2, 0.25) is 5.78 Å². The molecule has 1 atom stereocenters. The highest BCUT2D eigenvalue weighted by Gasteiger charge is 2.18. The van der Waals surface area contributed by atoms with Crippen molar-refractivity contribution in [2.45, 2.75) is 26.0 Å². The predicted octanol–water partition coefficient (Wildman–Crippen LogP) is 4.52. The molecule has 0 bridgehead atoms. The molecule has 3 rings (SSSR count). The number of benzene rings is 2. The van der Waals surface area contributed by atoms with E-state index in [1.165, 1.54) is 37.3 Å². The maximum Gasteiger partial charge on any atom is 0.331 e. The van der Waals surface area contributed by atoms with E-state index in [-0.39, 0.29) is 5.56 Å². The molecular weight excluding hydrogens is 371 g/mol. The van der Waals surface area contributed by atoms with Crippen molar-refractivity contribution in [2.24, 2.45) is 0 Å². The number of esters is 1. The molecule has 0 aliphatic carbocycles. The van der Waals surface area contributed by atoms with E-state index in [1.807, 2.05) is 35.0 Å². The van der Waals surface area contributed by atoms with E-state index >= 15 is 0 Å². The van der Waals surface area contributed by atoms with Crippen LogP contribution in [0.4, 0.5) is 4.39 Å². The fourth-order valence-electron chi connectivity index (χ4n) is 3.04. The summed E-state index contributed by atoms with van der Waals surface area (Å²) in [6.07, 6.45) is 4.16. The molecule has 0 N–H and O–H groups in total. The molecule has 0 fully saturated rings. The zero-order chi connectivity index (χ0) is 20.8. The van der Waals surface area contributed by atoms with E-state index in [9.17, 15) is 14.0 Å². The number of carbonyl (C=O) groups is 2. The largest absolute Gasteiger partial charge is 0.451 e. The lowest BCUT2D eigenvalue weighted by molar-refractivity contribution is -0.140. The molecule has 1 heterocycles. The van der Waals surface area contributed by atoms with Crippen molar-refractivity contribution in [2.75, 3.05) is 0 Å². The average molecular weight is 390 g/mol. The number of aryl methyl sites for hydroxylation is 1. The molecule has 3 aromatic rings. The lowest BCUT2D eigenvalue weighted by Gasteiger charge is -2.10. The van der Waals surface area contributed by atoms with Gasteiger partial charge in [0.05, 0.1) is 12.5 Å². The number of nitriles is 1. The van der Waals surface area contributed by atoms with Crippen LogP contribution in [-0.4, -0.2) is 22.4 Å². The number of Topliss-reactive ketones (excluding diaryl/α,β-unsaturated/α-hetero) is 1. The molecule has 0 radical (unpaired) electrons. The second-order valence-electron chi connectivity index (χ2n) is 6.49. The Kier molecular flexibility index (Phi) is 6.20. The van der Waals surface area contributed by atoms with Crippen LogP contribution in [0.1, 0.15) is 29.3 Å². The Balaban J connectivity index is 1.71. The molecule has 0 amide bonds. The molecule has 0 aliphatic rings. The smallest absolute Gasteiger partial charge is 0.331 e. The summed E-state index contributed by atoms with van der Waals surface area (Å²) in [5, 5.41) is 9.77. The van der Waals surface area contributed by atoms with Crippen LogP contribution in [0, 0.1) is 17.1 Å². The van der Waals surface area contributed by atoms with Gasteiger partial charge in [0.25, 0.3) is 0 Å². The minimum atomic E-state index is -0.991. The first kappa shape index (κ1) is 20.0. The number of carbonyl (C=O) groups excluding carboxylic acids is 2. The summed E-state index contributed by atoms with van der Waals surface area (Å²) in [4.78, 5) is 24.5. The Morgan fingerprint density at radius 2 is 1.93 bits per heavy atom. The molecule has 1 aromatic heterocycles. The topological polar surface area (TPSA) is 72.1 Å². The first-order valence-electron chi connectivity index (χ1n) is 9.13. The van der Waals surface area contributed by atoms with E-state index in [0.717, 1.165) is 16.5 Å². The molecule has 5 nitrogen and oxygen atoms in total. The predicted molar refractivity (Wildman–Crippen MR) is 107 cm³/mol. The van der Waals surface area contributed by atoms with Crippen molar-refractivity contribution in [1.29, 1.82) is 5.26 Å². The van der Waals surface area contributed by atoms with Gasteiger partial charge in [0.15, 0.2) is 6.10 Å². The highest BCUT2D eigenvalue weighted by molar-refractivity contribution is 6.01. The first-order chi connectivity index (χ1) is 14.0. The van der Waals surface area contributed by atoms with Gasteiger partial charge in [-0.15, -0.1) is 0 Å². The molecule has 0 saturated carbocycles. The molecule has 0 unspecified atom stereocenters. The number of halogens is 1. The fraction of sp³-hybridized carbons (Fsp3) is 0.174. The molecule has 146 valence electrons. The Morgan fingerprint density at radius 1 is 1.21 bits per heavy atom. The number of fused-ring (bicyclic) bond motifs is 1. The summed E-state index contributed by atoms with van der Waals surface area (Å²) in [5.74, 6) is -1.50. The highest BCUT2D eigenvalue weighted by atomic mass is 19.1. The summed E-state index contributed by atoms with van der Waals surface area (Å²) in [5.41, 5.74) is 2.06. The summed E-state index contributed by atoms with van der Waals surface area (Å²) in [6.45, 7) is 2.03. The normalized spacial score (nSPS) is 12.0. The maximum atomic E-state index is 13.0. The third kappa shape index (κ3) is 4.77. The van der Waals surface area contributed by atoms with Gasteiger partial charge in [-0.05, 0) is 43.3 Å². The Hall–Kier alpha value is -3.72. The van der Waals surface area contributed by atoms with Crippen molar-refractivity contribution in [3.63, 3.8) is 0 Å². The molecular formula is C23H19FN2O3. The van der Waals surface area contributed by atoms with Crippen LogP contribution in [-0.2, 0) is 16.1 Å². The zero-order valence-electron chi connectivity index (χ0n) is 15.8. The summed E-state index contributed by atoms with van der Waals surface area (Å²) in [6, 6.07) is 14.9. The van der Waals surface area contributed by atoms with Gasteiger partial charge in [-0.3, -0.25) is 4.79 Å². The number of nitrogens with zero attached hydrogens (tertiary/aromatic N) is 2. The van der Waals surface area contributed by atoms with Gasteiger partial charge in [0.1, 0.15) is 5.82 Å². The van der Waals surface area contributed by atoms with Gasteiger partial charge in [0, 0.05) is 40.8 Å². The summed E-state index contributed by atoms with van der Waals surface area (Å²) in [7, 11) is 0. The molecule has 6 heteroatoms. The molecule has 2 aromatic carbocycles. The molecule has 0 saturated heterocycles. The van der Waals surface area contributed by atoms with Crippen LogP contribution in [0.2, 0.25) is 0 Å². The number of hydrogen-bond acceptors (Lipinski definition) is 4. The number of ether oxygens (including phenoxy) is 1. The number of para-hydroxylation sites is 1. The fourth-order valence-corrected chi connectivity index (χ4v) is 3.04. The number of hydrogen-bond donors (Lipinski definition) is 0. The highest BCUT2D eigenvalue weighted by Crippen LogP contribution is 2.23. The second-order valence-corrected chi connectivity index (χ2v) is 6.49. The van der Waals surface area contributed by atoms with E-state index in [0.29, 0.717) is 13.0 Å². The van der Waals surface area contributed by atoms with Crippen molar-refractivity contribution in [3.8, 4) is 6.07 Å². The summed E-state index contributed by atoms with van der Waals surface area (Å²) >= 11 is 0. The standard InChI is InChI=1S/C23H19FN2O3/c1-16(23(28)17-7-10-19(24)11-8-17)29-22(27)12-9-18-15-26(14-4-13-25)21-6-3-2-5-20(18)21/h2-3,5-12,15-16H,4,14H2,1H3/b12-9+/t16-/m1/s1. The second kappa shape index (κ2) is 8.98. The lowest BCUT2D eigenvalue weighted by atomic mass is 10.1. The van der Waals surface area contributed by atoms with Crippen LogP contribution in [0.5, 0.6) is 0 Å². The molecule has 0 spiro atoms. The minimum absolute atomic E-state index is 0.274. The van der Waals surface area contributed by atoms with Gasteiger partial charge in [-0.2, -0.15) is 5.26 Å². The van der Waals surface area contributed by atoms with Crippen molar-refractivity contribution >= 4 is 28.7 Å². The number of aromatic nitrogens is 1. The Labute approximate surface area is 167 Å². The molecule has 0 aliphatic heterocycles. The van der Waals surface area contributed by atoms with E-state index in [2.05, 4.69) is 6.07 Å². The van der Waals surface area contributed by atoms with Gasteiger partial charge >= 0.3 is 5.97 Å². The van der Waals surface area contributed by atoms with Gasteiger partial charge in [-0.25, -0.2) is 9.18 Å². The third-order valence-electron chi connectivity index (χ3n) is 4.47. The van der Waals surface area contributed by atoms with Crippen LogP contribution in [0.15, 0.2) is 60.8 Å². The first-order valence-corrected chi connectivity index (χ1v) is 9.13. The van der Waals surface area contributed by atoms with Crippen LogP contribution < -0.4 is 0 Å². The SMILES string of the molecule is C[C@@H](OC(=O)/C=C/c1cn(CCC#N)c2ccccc12)C(=O)c1ccc(F)cc1. The number of rotatable bonds is 7. The van der Waals surface area contributed by atoms with Crippen molar-refractivity contribution in [1.82, 2.24) is 4.57 Å². The van der Waals surface area contributed by atoms with Gasteiger partial charge in [-0.1, -0.05) is 18.2 Å². The van der Waals surface area contributed by atoms with Gasteiger partial charge < -0.3 is 9.30 Å². The number of ketones is 1. The average Bonchev–Trinajstić information content (AvgIpc) is 3.08. The van der Waals surface area contributed by atoms with E-state index in [4.69, 9.17) is 10.00 Å². The minimum Gasteiger partial charge on any atom is -0.451 e. The summed E-state index contributed by atoms with van der Waals surface area (Å²) < 4.78 is 20.1. The quantitative estimate of drug-likeness (QED) is 0.338. The van der Waals surface area contributed by atoms with Crippen LogP contribution in [0.3, 0.4) is 0 Å². The van der Waals surface area contributed by atoms with Crippen molar-refractivity contribution in [3.05, 3.63) is 77.7 Å². The molecule has 29 heavy (non-hydrogen) atoms. The zero-order valence-corrected chi connectivity index (χ0v) is 15.8. The Bertz CT molecular complexity index is 1110. The maximum absolute atomic E-state index is 13.0. The van der Waals surface area contributed by atoms with E-state index in [1.54, 1.807) is 6.08 Å². The lowest BCUT2D eigenvalue weighted by Crippen LogP contribution is -2.23. The Morgan fingerprint density at radius 3 is 2.66 bits per heavy atom. The van der Waals surface area contributed by atoms with E-state index < -0.39 is 23.7 Å². The van der Waals surface area contributed by atoms with Crippen LogP contribution >= 0.6 is 0 Å². The van der Waals surface area contributed by atoms with Crippen LogP contribution in [0.25, 0.3) is 17.0 Å². The third-order valence-corrected chi connectivity index (χ3v) is 4.47. The monoisotopic (exact) mass is 390 g/mol.